The second-order valence-electron chi connectivity index (χ2n) is 5.15. The molecule has 122 valence electrons. The van der Waals surface area contributed by atoms with Crippen LogP contribution in [0.3, 0.4) is 0 Å². The van der Waals surface area contributed by atoms with Crippen molar-refractivity contribution in [2.45, 2.75) is 13.3 Å². The number of thiazole rings is 1. The Balaban J connectivity index is 1.54. The van der Waals surface area contributed by atoms with Gasteiger partial charge >= 0.3 is 5.69 Å². The molecular formula is C16H15N5O2S. The molecule has 2 heterocycles. The minimum Gasteiger partial charge on any atom is -0.354 e. The number of hydrogen-bond acceptors (Lipinski definition) is 7. The summed E-state index contributed by atoms with van der Waals surface area (Å²) < 4.78 is 0. The molecule has 0 radical (unpaired) electrons. The van der Waals surface area contributed by atoms with E-state index in [1.54, 1.807) is 11.3 Å². The fraction of sp³-hybridized carbons (Fsp3) is 0.188. The van der Waals surface area contributed by atoms with Gasteiger partial charge in [0.05, 0.1) is 15.6 Å². The van der Waals surface area contributed by atoms with E-state index in [2.05, 4.69) is 49.9 Å². The molecule has 24 heavy (non-hydrogen) atoms. The number of nitrogens with one attached hydrogen (secondary N) is 1. The third-order valence-electron chi connectivity index (χ3n) is 3.41. The second kappa shape index (κ2) is 7.14. The summed E-state index contributed by atoms with van der Waals surface area (Å²) in [5.74, 6) is 0.384. The molecule has 8 heteroatoms. The third-order valence-corrected chi connectivity index (χ3v) is 4.19. The monoisotopic (exact) mass is 341 g/mol. The molecule has 1 N–H and O–H groups in total. The van der Waals surface area contributed by atoms with Crippen LogP contribution in [0.1, 0.15) is 10.6 Å². The fourth-order valence-corrected chi connectivity index (χ4v) is 2.79. The number of aryl methyl sites for hydroxylation is 1. The first-order valence-electron chi connectivity index (χ1n) is 7.33. The summed E-state index contributed by atoms with van der Waals surface area (Å²) in [4.78, 5) is 22.3. The van der Waals surface area contributed by atoms with Crippen molar-refractivity contribution in [1.82, 2.24) is 15.0 Å². The van der Waals surface area contributed by atoms with E-state index in [1.807, 2.05) is 6.92 Å². The van der Waals surface area contributed by atoms with Gasteiger partial charge in [-0.1, -0.05) is 24.3 Å². The molecule has 0 atom stereocenters. The number of anilines is 1. The lowest BCUT2D eigenvalue weighted by Gasteiger charge is -2.05. The highest BCUT2D eigenvalue weighted by Crippen LogP contribution is 2.21. The molecule has 0 aliphatic carbocycles. The summed E-state index contributed by atoms with van der Waals surface area (Å²) in [7, 11) is 0. The Bertz CT molecular complexity index is 830. The lowest BCUT2D eigenvalue weighted by atomic mass is 10.1. The van der Waals surface area contributed by atoms with Gasteiger partial charge in [-0.2, -0.15) is 0 Å². The van der Waals surface area contributed by atoms with Crippen LogP contribution < -0.4 is 5.32 Å². The molecule has 1 aromatic carbocycles. The molecule has 3 rings (SSSR count). The van der Waals surface area contributed by atoms with Crippen LogP contribution in [0.4, 0.5) is 11.6 Å². The maximum atomic E-state index is 10.5. The highest BCUT2D eigenvalue weighted by molar-refractivity contribution is 7.09. The summed E-state index contributed by atoms with van der Waals surface area (Å²) in [6, 6.07) is 8.27. The topological polar surface area (TPSA) is 93.8 Å². The predicted octanol–water partition coefficient (Wildman–Crippen LogP) is 3.47. The van der Waals surface area contributed by atoms with Gasteiger partial charge in [-0.3, -0.25) is 10.1 Å². The van der Waals surface area contributed by atoms with E-state index in [-0.39, 0.29) is 5.69 Å². The number of nitrogens with zero attached hydrogens (tertiary/aromatic N) is 4. The Morgan fingerprint density at radius 3 is 2.50 bits per heavy atom. The molecule has 0 unspecified atom stereocenters. The van der Waals surface area contributed by atoms with Crippen LogP contribution in [-0.4, -0.2) is 26.4 Å². The molecule has 0 saturated heterocycles. The maximum Gasteiger partial charge on any atom is 0.305 e. The van der Waals surface area contributed by atoms with Crippen molar-refractivity contribution in [3.05, 3.63) is 62.7 Å². The maximum absolute atomic E-state index is 10.5. The lowest BCUT2D eigenvalue weighted by molar-refractivity contribution is -0.385. The lowest BCUT2D eigenvalue weighted by Crippen LogP contribution is -2.08. The van der Waals surface area contributed by atoms with Gasteiger partial charge in [-0.25, -0.2) is 15.0 Å². The first-order valence-corrected chi connectivity index (χ1v) is 8.21. The highest BCUT2D eigenvalue weighted by Gasteiger charge is 2.06. The van der Waals surface area contributed by atoms with Gasteiger partial charge < -0.3 is 5.32 Å². The van der Waals surface area contributed by atoms with Crippen molar-refractivity contribution in [3.63, 3.8) is 0 Å². The average Bonchev–Trinajstić information content (AvgIpc) is 3.02. The number of hydrogen-bond donors (Lipinski definition) is 1. The standard InChI is InChI=1S/C16H15N5O2S/c1-11-20-15(10-24-11)13-4-2-12(3-5-13)6-7-17-16-18-8-14(9-19-16)21(22)23/h2-5,8-10H,6-7H2,1H3,(H,17,18,19). The molecule has 0 bridgehead atoms. The SMILES string of the molecule is Cc1nc(-c2ccc(CCNc3ncc([N+](=O)[O-])cn3)cc2)cs1. The van der Waals surface area contributed by atoms with Gasteiger partial charge in [0.25, 0.3) is 0 Å². The average molecular weight is 341 g/mol. The van der Waals surface area contributed by atoms with Crippen LogP contribution in [0.25, 0.3) is 11.3 Å². The second-order valence-corrected chi connectivity index (χ2v) is 6.21. The molecule has 7 nitrogen and oxygen atoms in total. The summed E-state index contributed by atoms with van der Waals surface area (Å²) in [5.41, 5.74) is 3.17. The molecule has 0 spiro atoms. The summed E-state index contributed by atoms with van der Waals surface area (Å²) >= 11 is 1.64. The largest absolute Gasteiger partial charge is 0.354 e. The zero-order chi connectivity index (χ0) is 16.9. The van der Waals surface area contributed by atoms with Crippen LogP contribution in [0.5, 0.6) is 0 Å². The first kappa shape index (κ1) is 16.0. The molecule has 0 amide bonds. The van der Waals surface area contributed by atoms with Gasteiger partial charge in [0.2, 0.25) is 5.95 Å². The zero-order valence-corrected chi connectivity index (χ0v) is 13.8. The molecule has 2 aromatic heterocycles. The number of nitro groups is 1. The van der Waals surface area contributed by atoms with E-state index >= 15 is 0 Å². The summed E-state index contributed by atoms with van der Waals surface area (Å²) in [6.07, 6.45) is 3.19. The molecule has 0 fully saturated rings. The van der Waals surface area contributed by atoms with Gasteiger partial charge in [-0.05, 0) is 18.9 Å². The number of aromatic nitrogens is 3. The van der Waals surface area contributed by atoms with Crippen LogP contribution in [0.15, 0.2) is 42.0 Å². The van der Waals surface area contributed by atoms with Crippen molar-refractivity contribution in [3.8, 4) is 11.3 Å². The number of rotatable bonds is 6. The smallest absolute Gasteiger partial charge is 0.305 e. The summed E-state index contributed by atoms with van der Waals surface area (Å²) in [6.45, 7) is 2.64. The minimum atomic E-state index is -0.519. The van der Waals surface area contributed by atoms with Gasteiger partial charge in [0.15, 0.2) is 0 Å². The van der Waals surface area contributed by atoms with Crippen molar-refractivity contribution in [2.75, 3.05) is 11.9 Å². The Morgan fingerprint density at radius 1 is 1.21 bits per heavy atom. The van der Waals surface area contributed by atoms with Crippen molar-refractivity contribution >= 4 is 23.0 Å². The Labute approximate surface area is 142 Å². The Morgan fingerprint density at radius 2 is 1.92 bits per heavy atom. The van der Waals surface area contributed by atoms with E-state index in [0.717, 1.165) is 22.7 Å². The van der Waals surface area contributed by atoms with E-state index < -0.39 is 4.92 Å². The Kier molecular flexibility index (Phi) is 4.76. The van der Waals surface area contributed by atoms with Crippen molar-refractivity contribution in [1.29, 1.82) is 0 Å². The minimum absolute atomic E-state index is 0.117. The van der Waals surface area contributed by atoms with Gasteiger partial charge in [0, 0.05) is 17.5 Å². The normalized spacial score (nSPS) is 10.5. The molecule has 3 aromatic rings. The van der Waals surface area contributed by atoms with E-state index in [1.165, 1.54) is 18.0 Å². The number of benzene rings is 1. The van der Waals surface area contributed by atoms with Crippen molar-refractivity contribution in [2.24, 2.45) is 0 Å². The highest BCUT2D eigenvalue weighted by atomic mass is 32.1. The molecule has 0 saturated carbocycles. The van der Waals surface area contributed by atoms with E-state index in [0.29, 0.717) is 12.5 Å². The quantitative estimate of drug-likeness (QED) is 0.545. The van der Waals surface area contributed by atoms with Crippen LogP contribution in [-0.2, 0) is 6.42 Å². The molecule has 0 aliphatic rings. The van der Waals surface area contributed by atoms with Crippen molar-refractivity contribution < 1.29 is 4.92 Å². The van der Waals surface area contributed by atoms with Gasteiger partial charge in [0.1, 0.15) is 12.4 Å². The van der Waals surface area contributed by atoms with Crippen LogP contribution in [0, 0.1) is 17.0 Å². The predicted molar refractivity (Wildman–Crippen MR) is 93.2 cm³/mol. The van der Waals surface area contributed by atoms with Gasteiger partial charge in [-0.15, -0.1) is 11.3 Å². The van der Waals surface area contributed by atoms with E-state index in [4.69, 9.17) is 0 Å². The van der Waals surface area contributed by atoms with Crippen LogP contribution in [0.2, 0.25) is 0 Å². The van der Waals surface area contributed by atoms with Crippen LogP contribution >= 0.6 is 11.3 Å². The first-order chi connectivity index (χ1) is 11.6. The summed E-state index contributed by atoms with van der Waals surface area (Å²) in [5, 5.41) is 16.7. The molecule has 0 aliphatic heterocycles. The Hall–Kier alpha value is -2.87. The zero-order valence-electron chi connectivity index (χ0n) is 13.0. The fourth-order valence-electron chi connectivity index (χ4n) is 2.16. The third kappa shape index (κ3) is 3.90. The van der Waals surface area contributed by atoms with E-state index in [9.17, 15) is 10.1 Å². The molecular weight excluding hydrogens is 326 g/mol.